The van der Waals surface area contributed by atoms with Crippen LogP contribution in [0.5, 0.6) is 0 Å². The zero-order chi connectivity index (χ0) is 21.3. The molecule has 0 saturated carbocycles. The molecule has 164 valence electrons. The van der Waals surface area contributed by atoms with Gasteiger partial charge in [-0.2, -0.15) is 0 Å². The molecule has 0 radical (unpaired) electrons. The van der Waals surface area contributed by atoms with Crippen LogP contribution in [-0.4, -0.2) is 49.4 Å². The lowest BCUT2D eigenvalue weighted by atomic mass is 9.97. The summed E-state index contributed by atoms with van der Waals surface area (Å²) in [6, 6.07) is 20.1. The molecule has 0 unspecified atom stereocenters. The molecule has 0 bridgehead atoms. The lowest BCUT2D eigenvalue weighted by Gasteiger charge is -2.43. The molecule has 1 spiro atoms. The van der Waals surface area contributed by atoms with E-state index in [9.17, 15) is 0 Å². The van der Waals surface area contributed by atoms with Gasteiger partial charge in [-0.15, -0.1) is 0 Å². The molecule has 3 aliphatic rings. The molecule has 3 aliphatic heterocycles. The highest BCUT2D eigenvalue weighted by Crippen LogP contribution is 2.43. The number of hydrogen-bond donors (Lipinski definition) is 0. The topological polar surface area (TPSA) is 55.4 Å². The summed E-state index contributed by atoms with van der Waals surface area (Å²) < 4.78 is 37.0. The van der Waals surface area contributed by atoms with Crippen molar-refractivity contribution in [1.29, 1.82) is 0 Å². The quantitative estimate of drug-likeness (QED) is 0.726. The van der Waals surface area contributed by atoms with Crippen LogP contribution < -0.4 is 0 Å². The van der Waals surface area contributed by atoms with Crippen LogP contribution in [-0.2, 0) is 35.0 Å². The molecule has 5 atom stereocenters. The summed E-state index contributed by atoms with van der Waals surface area (Å²) >= 11 is 0. The summed E-state index contributed by atoms with van der Waals surface area (Å²) in [5, 5.41) is 0. The normalized spacial score (nSPS) is 34.4. The lowest BCUT2D eigenvalue weighted by Crippen LogP contribution is -2.62. The molecule has 6 nitrogen and oxygen atoms in total. The van der Waals surface area contributed by atoms with Gasteiger partial charge in [0.1, 0.15) is 24.9 Å². The summed E-state index contributed by atoms with van der Waals surface area (Å²) in [6.07, 6.45) is 2.36. The highest BCUT2D eigenvalue weighted by molar-refractivity contribution is 5.49. The van der Waals surface area contributed by atoms with Gasteiger partial charge in [-0.3, -0.25) is 0 Å². The van der Waals surface area contributed by atoms with Gasteiger partial charge in [-0.1, -0.05) is 66.7 Å². The fraction of sp³-hybridized carbons (Fsp3) is 0.440. The first kappa shape index (κ1) is 20.8. The third kappa shape index (κ3) is 4.46. The van der Waals surface area contributed by atoms with E-state index in [4.69, 9.17) is 28.4 Å². The van der Waals surface area contributed by atoms with Gasteiger partial charge in [0, 0.05) is 0 Å². The Labute approximate surface area is 182 Å². The molecule has 3 heterocycles. The minimum absolute atomic E-state index is 0.246. The van der Waals surface area contributed by atoms with E-state index in [1.165, 1.54) is 0 Å². The molecule has 2 aromatic carbocycles. The van der Waals surface area contributed by atoms with Crippen LogP contribution in [0.2, 0.25) is 0 Å². The van der Waals surface area contributed by atoms with Crippen molar-refractivity contribution >= 4 is 6.08 Å². The van der Waals surface area contributed by atoms with Crippen LogP contribution in [0.15, 0.2) is 66.7 Å². The average Bonchev–Trinajstić information content (AvgIpc) is 3.34. The van der Waals surface area contributed by atoms with Crippen LogP contribution >= 0.6 is 0 Å². The van der Waals surface area contributed by atoms with Gasteiger partial charge < -0.3 is 28.4 Å². The summed E-state index contributed by atoms with van der Waals surface area (Å²) in [5.74, 6) is -1.78. The van der Waals surface area contributed by atoms with E-state index in [2.05, 4.69) is 0 Å². The Morgan fingerprint density at radius 3 is 2.42 bits per heavy atom. The van der Waals surface area contributed by atoms with Gasteiger partial charge in [0.05, 0.1) is 13.2 Å². The molecule has 0 aromatic heterocycles. The van der Waals surface area contributed by atoms with Crippen LogP contribution in [0.25, 0.3) is 6.08 Å². The van der Waals surface area contributed by atoms with Crippen molar-refractivity contribution in [3.63, 3.8) is 0 Å². The van der Waals surface area contributed by atoms with Crippen molar-refractivity contribution in [2.75, 3.05) is 13.2 Å². The predicted octanol–water partition coefficient (Wildman–Crippen LogP) is 3.90. The summed E-state index contributed by atoms with van der Waals surface area (Å²) in [5.41, 5.74) is 2.15. The molecule has 0 aliphatic carbocycles. The fourth-order valence-electron chi connectivity index (χ4n) is 4.27. The minimum Gasteiger partial charge on any atom is -0.365 e. The molecule has 31 heavy (non-hydrogen) atoms. The highest BCUT2D eigenvalue weighted by atomic mass is 16.9. The van der Waals surface area contributed by atoms with Crippen molar-refractivity contribution in [2.45, 2.75) is 56.6 Å². The van der Waals surface area contributed by atoms with Crippen LogP contribution in [0.3, 0.4) is 0 Å². The molecule has 2 aromatic rings. The number of hydrogen-bond acceptors (Lipinski definition) is 6. The first-order chi connectivity index (χ1) is 15.0. The van der Waals surface area contributed by atoms with E-state index >= 15 is 0 Å². The lowest BCUT2D eigenvalue weighted by molar-refractivity contribution is -0.335. The second-order valence-corrected chi connectivity index (χ2v) is 8.54. The van der Waals surface area contributed by atoms with Crippen molar-refractivity contribution < 1.29 is 28.4 Å². The maximum atomic E-state index is 6.37. The zero-order valence-corrected chi connectivity index (χ0v) is 17.8. The van der Waals surface area contributed by atoms with Gasteiger partial charge >= 0.3 is 0 Å². The number of ether oxygens (including phenoxy) is 6. The largest absolute Gasteiger partial charge is 0.365 e. The molecular weight excluding hydrogens is 396 g/mol. The van der Waals surface area contributed by atoms with Crippen LogP contribution in [0.1, 0.15) is 25.0 Å². The summed E-state index contributed by atoms with van der Waals surface area (Å²) in [4.78, 5) is 0. The van der Waals surface area contributed by atoms with E-state index in [1.807, 2.05) is 86.7 Å². The van der Waals surface area contributed by atoms with E-state index in [0.717, 1.165) is 11.1 Å². The second-order valence-electron chi connectivity index (χ2n) is 8.54. The first-order valence-electron chi connectivity index (χ1n) is 10.7. The molecule has 0 amide bonds. The van der Waals surface area contributed by atoms with Gasteiger partial charge in [0.25, 0.3) is 0 Å². The van der Waals surface area contributed by atoms with Crippen molar-refractivity contribution in [3.05, 3.63) is 77.9 Å². The molecule has 6 heteroatoms. The van der Waals surface area contributed by atoms with Crippen LogP contribution in [0.4, 0.5) is 0 Å². The Morgan fingerprint density at radius 1 is 0.968 bits per heavy atom. The average molecular weight is 424 g/mol. The standard InChI is InChI=1S/C25H28O6/c1-24(2)28-17-25(31-24)23(26-15-19-11-7-4-8-12-19)22-20(16-27-25)29-21(30-22)14-13-18-9-5-3-6-10-18/h3-14,20-23H,15-17H2,1-2H3/b14-13-/t20-,21-,22-,23+,25+/m1/s1. The van der Waals surface area contributed by atoms with Gasteiger partial charge in [-0.25, -0.2) is 0 Å². The van der Waals surface area contributed by atoms with E-state index in [1.54, 1.807) is 0 Å². The Balaban J connectivity index is 1.35. The summed E-state index contributed by atoms with van der Waals surface area (Å²) in [7, 11) is 0. The number of rotatable bonds is 5. The smallest absolute Gasteiger partial charge is 0.224 e. The molecule has 0 N–H and O–H groups in total. The Kier molecular flexibility index (Phi) is 5.69. The maximum absolute atomic E-state index is 6.37. The highest BCUT2D eigenvalue weighted by Gasteiger charge is 2.62. The minimum atomic E-state index is -1.03. The molecule has 3 fully saturated rings. The van der Waals surface area contributed by atoms with E-state index in [0.29, 0.717) is 13.2 Å². The van der Waals surface area contributed by atoms with E-state index in [-0.39, 0.29) is 18.8 Å². The van der Waals surface area contributed by atoms with E-state index < -0.39 is 24.0 Å². The Bertz CT molecular complexity index is 899. The molecule has 5 rings (SSSR count). The first-order valence-corrected chi connectivity index (χ1v) is 10.7. The van der Waals surface area contributed by atoms with Crippen molar-refractivity contribution in [1.82, 2.24) is 0 Å². The fourth-order valence-corrected chi connectivity index (χ4v) is 4.27. The van der Waals surface area contributed by atoms with Gasteiger partial charge in [0.15, 0.2) is 12.1 Å². The number of benzene rings is 2. The SMILES string of the molecule is CC1(C)OC[C@]2(OC[C@H]3O[C@@H](/C=C\c4ccccc4)O[C@H]3[C@@H]2OCc2ccccc2)O1. The Morgan fingerprint density at radius 2 is 1.71 bits per heavy atom. The number of fused-ring (bicyclic) bond motifs is 1. The molecular formula is C25H28O6. The van der Waals surface area contributed by atoms with Crippen molar-refractivity contribution in [3.8, 4) is 0 Å². The monoisotopic (exact) mass is 424 g/mol. The van der Waals surface area contributed by atoms with Gasteiger partial charge in [0.2, 0.25) is 5.79 Å². The summed E-state index contributed by atoms with van der Waals surface area (Å²) in [6.45, 7) is 4.80. The third-order valence-corrected chi connectivity index (χ3v) is 5.75. The third-order valence-electron chi connectivity index (χ3n) is 5.75. The Hall–Kier alpha value is -2.06. The maximum Gasteiger partial charge on any atom is 0.224 e. The van der Waals surface area contributed by atoms with Crippen molar-refractivity contribution in [2.24, 2.45) is 0 Å². The molecule has 3 saturated heterocycles. The second kappa shape index (κ2) is 8.47. The zero-order valence-electron chi connectivity index (χ0n) is 17.8. The van der Waals surface area contributed by atoms with Crippen LogP contribution in [0, 0.1) is 0 Å². The predicted molar refractivity (Wildman–Crippen MR) is 114 cm³/mol. The van der Waals surface area contributed by atoms with Gasteiger partial charge in [-0.05, 0) is 31.1 Å².